The van der Waals surface area contributed by atoms with E-state index in [1.807, 2.05) is 12.1 Å². The first-order valence-corrected chi connectivity index (χ1v) is 6.58. The minimum absolute atomic E-state index is 0.0606. The molecular weight excluding hydrogens is 304 g/mol. The van der Waals surface area contributed by atoms with Crippen molar-refractivity contribution in [2.75, 3.05) is 5.75 Å². The van der Waals surface area contributed by atoms with Crippen molar-refractivity contribution in [1.82, 2.24) is 20.2 Å². The van der Waals surface area contributed by atoms with E-state index in [2.05, 4.69) is 31.5 Å². The molecule has 1 aromatic carbocycles. The number of aryl methyl sites for hydroxylation is 1. The van der Waals surface area contributed by atoms with E-state index in [1.165, 1.54) is 11.8 Å². The van der Waals surface area contributed by atoms with Crippen molar-refractivity contribution in [3.05, 3.63) is 34.3 Å². The summed E-state index contributed by atoms with van der Waals surface area (Å²) in [6, 6.07) is 7.29. The van der Waals surface area contributed by atoms with Crippen LogP contribution < -0.4 is 0 Å². The number of tetrazole rings is 1. The van der Waals surface area contributed by atoms with Crippen LogP contribution in [0.4, 0.5) is 0 Å². The van der Waals surface area contributed by atoms with E-state index in [0.29, 0.717) is 16.5 Å². The van der Waals surface area contributed by atoms with E-state index in [0.717, 1.165) is 4.47 Å². The van der Waals surface area contributed by atoms with E-state index < -0.39 is 0 Å². The second kappa shape index (κ2) is 5.42. The summed E-state index contributed by atoms with van der Waals surface area (Å²) >= 11 is 4.65. The molecule has 0 radical (unpaired) electrons. The van der Waals surface area contributed by atoms with Gasteiger partial charge in [0.1, 0.15) is 0 Å². The minimum atomic E-state index is 0.0606. The number of halogens is 1. The Balaban J connectivity index is 1.98. The van der Waals surface area contributed by atoms with Gasteiger partial charge in [-0.1, -0.05) is 39.8 Å². The van der Waals surface area contributed by atoms with Gasteiger partial charge in [0, 0.05) is 17.1 Å². The molecule has 0 atom stereocenters. The third-order valence-electron chi connectivity index (χ3n) is 2.08. The van der Waals surface area contributed by atoms with Crippen LogP contribution in [0.3, 0.4) is 0 Å². The maximum absolute atomic E-state index is 11.8. The summed E-state index contributed by atoms with van der Waals surface area (Å²) in [4.78, 5) is 11.8. The first-order chi connectivity index (χ1) is 8.16. The predicted octanol–water partition coefficient (Wildman–Crippen LogP) is 1.95. The molecule has 7 heteroatoms. The number of aromatic nitrogens is 4. The maximum Gasteiger partial charge on any atom is 0.209 e. The van der Waals surface area contributed by atoms with Gasteiger partial charge >= 0.3 is 0 Å². The lowest BCUT2D eigenvalue weighted by atomic mass is 10.2. The predicted molar refractivity (Wildman–Crippen MR) is 68.0 cm³/mol. The van der Waals surface area contributed by atoms with Crippen LogP contribution in [0.5, 0.6) is 0 Å². The van der Waals surface area contributed by atoms with Crippen molar-refractivity contribution in [3.63, 3.8) is 0 Å². The van der Waals surface area contributed by atoms with Gasteiger partial charge < -0.3 is 0 Å². The van der Waals surface area contributed by atoms with Crippen LogP contribution in [-0.4, -0.2) is 31.7 Å². The van der Waals surface area contributed by atoms with Gasteiger partial charge in [-0.25, -0.2) is 4.68 Å². The molecule has 0 aliphatic carbocycles. The number of rotatable bonds is 4. The molecule has 0 aliphatic heterocycles. The van der Waals surface area contributed by atoms with E-state index in [1.54, 1.807) is 23.9 Å². The number of Topliss-reactive ketones (excluding diaryl/α,β-unsaturated/α-hetero) is 1. The number of carbonyl (C=O) groups excluding carboxylic acids is 1. The lowest BCUT2D eigenvalue weighted by Gasteiger charge is -2.00. The number of hydrogen-bond acceptors (Lipinski definition) is 5. The molecule has 0 unspecified atom stereocenters. The molecule has 1 aromatic heterocycles. The van der Waals surface area contributed by atoms with Crippen LogP contribution in [0.25, 0.3) is 0 Å². The Kier molecular flexibility index (Phi) is 3.90. The average molecular weight is 313 g/mol. The first-order valence-electron chi connectivity index (χ1n) is 4.81. The molecular formula is C10H9BrN4OS. The van der Waals surface area contributed by atoms with Gasteiger partial charge in [0.05, 0.1) is 5.75 Å². The molecule has 1 heterocycles. The molecule has 0 spiro atoms. The molecule has 0 saturated heterocycles. The summed E-state index contributed by atoms with van der Waals surface area (Å²) in [7, 11) is 1.74. The molecule has 0 fully saturated rings. The Morgan fingerprint density at radius 1 is 1.41 bits per heavy atom. The van der Waals surface area contributed by atoms with E-state index >= 15 is 0 Å². The first kappa shape index (κ1) is 12.3. The van der Waals surface area contributed by atoms with Gasteiger partial charge in [-0.3, -0.25) is 4.79 Å². The Morgan fingerprint density at radius 3 is 2.71 bits per heavy atom. The van der Waals surface area contributed by atoms with Crippen molar-refractivity contribution in [2.24, 2.45) is 7.05 Å². The standard InChI is InChI=1S/C10H9BrN4OS/c1-15-10(12-13-14-15)17-6-9(16)7-2-4-8(11)5-3-7/h2-5H,6H2,1H3. The highest BCUT2D eigenvalue weighted by Crippen LogP contribution is 2.16. The van der Waals surface area contributed by atoms with Crippen LogP contribution in [0, 0.1) is 0 Å². The maximum atomic E-state index is 11.8. The lowest BCUT2D eigenvalue weighted by Crippen LogP contribution is -2.03. The molecule has 0 bridgehead atoms. The second-order valence-electron chi connectivity index (χ2n) is 3.30. The largest absolute Gasteiger partial charge is 0.293 e. The average Bonchev–Trinajstić information content (AvgIpc) is 2.73. The molecule has 2 rings (SSSR count). The quantitative estimate of drug-likeness (QED) is 0.638. The zero-order valence-corrected chi connectivity index (χ0v) is 11.4. The smallest absolute Gasteiger partial charge is 0.209 e. The Bertz CT molecular complexity index is 525. The van der Waals surface area contributed by atoms with Gasteiger partial charge in [-0.15, -0.1) is 5.10 Å². The monoisotopic (exact) mass is 312 g/mol. The van der Waals surface area contributed by atoms with E-state index in [-0.39, 0.29) is 5.78 Å². The van der Waals surface area contributed by atoms with Crippen LogP contribution >= 0.6 is 27.7 Å². The van der Waals surface area contributed by atoms with Gasteiger partial charge in [0.2, 0.25) is 5.16 Å². The molecule has 0 saturated carbocycles. The van der Waals surface area contributed by atoms with Crippen LogP contribution in [0.2, 0.25) is 0 Å². The third-order valence-corrected chi connectivity index (χ3v) is 3.62. The number of carbonyl (C=O) groups is 1. The van der Waals surface area contributed by atoms with Gasteiger partial charge in [-0.05, 0) is 22.6 Å². The second-order valence-corrected chi connectivity index (χ2v) is 5.16. The zero-order valence-electron chi connectivity index (χ0n) is 9.00. The third kappa shape index (κ3) is 3.13. The number of ketones is 1. The molecule has 88 valence electrons. The molecule has 17 heavy (non-hydrogen) atoms. The Hall–Kier alpha value is -1.21. The number of thioether (sulfide) groups is 1. The molecule has 0 aliphatic rings. The summed E-state index contributed by atoms with van der Waals surface area (Å²) in [5.41, 5.74) is 0.691. The summed E-state index contributed by atoms with van der Waals surface area (Å²) in [6.07, 6.45) is 0. The Morgan fingerprint density at radius 2 is 2.12 bits per heavy atom. The van der Waals surface area contributed by atoms with Gasteiger partial charge in [0.25, 0.3) is 0 Å². The number of nitrogens with zero attached hydrogens (tertiary/aromatic N) is 4. The molecule has 2 aromatic rings. The number of benzene rings is 1. The van der Waals surface area contributed by atoms with Crippen molar-refractivity contribution in [1.29, 1.82) is 0 Å². The molecule has 5 nitrogen and oxygen atoms in total. The highest BCUT2D eigenvalue weighted by atomic mass is 79.9. The van der Waals surface area contributed by atoms with Crippen LogP contribution in [0.1, 0.15) is 10.4 Å². The zero-order chi connectivity index (χ0) is 12.3. The van der Waals surface area contributed by atoms with Crippen molar-refractivity contribution in [2.45, 2.75) is 5.16 Å². The lowest BCUT2D eigenvalue weighted by molar-refractivity contribution is 0.102. The Labute approximate surface area is 111 Å². The van der Waals surface area contributed by atoms with E-state index in [4.69, 9.17) is 0 Å². The normalized spacial score (nSPS) is 10.5. The van der Waals surface area contributed by atoms with Gasteiger partial charge in [0.15, 0.2) is 5.78 Å². The summed E-state index contributed by atoms with van der Waals surface area (Å²) in [6.45, 7) is 0. The fourth-order valence-corrected chi connectivity index (χ4v) is 2.20. The summed E-state index contributed by atoms with van der Waals surface area (Å²) in [5, 5.41) is 11.6. The molecule has 0 N–H and O–H groups in total. The van der Waals surface area contributed by atoms with Gasteiger partial charge in [-0.2, -0.15) is 0 Å². The highest BCUT2D eigenvalue weighted by Gasteiger charge is 2.09. The van der Waals surface area contributed by atoms with Crippen molar-refractivity contribution < 1.29 is 4.79 Å². The number of hydrogen-bond donors (Lipinski definition) is 0. The van der Waals surface area contributed by atoms with Crippen LogP contribution in [-0.2, 0) is 7.05 Å². The minimum Gasteiger partial charge on any atom is -0.293 e. The SMILES string of the molecule is Cn1nnnc1SCC(=O)c1ccc(Br)cc1. The topological polar surface area (TPSA) is 60.7 Å². The van der Waals surface area contributed by atoms with E-state index in [9.17, 15) is 4.79 Å². The molecule has 0 amide bonds. The summed E-state index contributed by atoms with van der Waals surface area (Å²) < 4.78 is 2.50. The summed E-state index contributed by atoms with van der Waals surface area (Å²) in [5.74, 6) is 0.390. The fraction of sp³-hybridized carbons (Fsp3) is 0.200. The van der Waals surface area contributed by atoms with Crippen LogP contribution in [0.15, 0.2) is 33.9 Å². The fourth-order valence-electron chi connectivity index (χ4n) is 1.19. The highest BCUT2D eigenvalue weighted by molar-refractivity contribution is 9.10. The van der Waals surface area contributed by atoms with Crippen molar-refractivity contribution >= 4 is 33.5 Å². The van der Waals surface area contributed by atoms with Crippen molar-refractivity contribution in [3.8, 4) is 0 Å².